The number of carbonyl (C=O) groups excluding carboxylic acids is 2. The lowest BCUT2D eigenvalue weighted by molar-refractivity contribution is -0.124. The predicted octanol–water partition coefficient (Wildman–Crippen LogP) is 0.760. The van der Waals surface area contributed by atoms with Crippen molar-refractivity contribution in [3.63, 3.8) is 0 Å². The van der Waals surface area contributed by atoms with Crippen LogP contribution >= 0.6 is 0 Å². The molecule has 6 heteroatoms. The van der Waals surface area contributed by atoms with Gasteiger partial charge in [-0.2, -0.15) is 0 Å². The molecule has 1 aromatic rings. The number of aromatic nitrogens is 2. The number of nitrogens with zero attached hydrogens (tertiary/aromatic N) is 3. The van der Waals surface area contributed by atoms with Crippen LogP contribution in [0.2, 0.25) is 0 Å². The highest BCUT2D eigenvalue weighted by molar-refractivity contribution is 6.21. The van der Waals surface area contributed by atoms with Crippen LogP contribution in [-0.4, -0.2) is 34.0 Å². The van der Waals surface area contributed by atoms with E-state index in [1.807, 2.05) is 19.9 Å². The smallest absolute Gasteiger partial charge is 0.242 e. The zero-order valence-electron chi connectivity index (χ0n) is 11.4. The maximum Gasteiger partial charge on any atom is 0.242 e. The van der Waals surface area contributed by atoms with Crippen molar-refractivity contribution in [2.45, 2.75) is 38.9 Å². The summed E-state index contributed by atoms with van der Waals surface area (Å²) in [4.78, 5) is 34.8. The van der Waals surface area contributed by atoms with E-state index in [0.29, 0.717) is 0 Å². The van der Waals surface area contributed by atoms with Crippen molar-refractivity contribution in [2.75, 3.05) is 4.90 Å². The molecule has 20 heavy (non-hydrogen) atoms. The Balaban J connectivity index is 1.76. The zero-order chi connectivity index (χ0) is 14.0. The van der Waals surface area contributed by atoms with Gasteiger partial charge in [-0.15, -0.1) is 0 Å². The van der Waals surface area contributed by atoms with E-state index >= 15 is 0 Å². The summed E-state index contributed by atoms with van der Waals surface area (Å²) >= 11 is 0. The number of carbonyl (C=O) groups is 2. The number of anilines is 1. The molecule has 2 bridgehead atoms. The Morgan fingerprint density at radius 2 is 1.55 bits per heavy atom. The summed E-state index contributed by atoms with van der Waals surface area (Å²) in [5.74, 6) is -0.836. The molecule has 0 N–H and O–H groups in total. The third-order valence-electron chi connectivity index (χ3n) is 4.45. The summed E-state index contributed by atoms with van der Waals surface area (Å²) in [6.07, 6.45) is 1.54. The van der Waals surface area contributed by atoms with Gasteiger partial charge in [0.2, 0.25) is 17.8 Å². The normalized spacial score (nSPS) is 35.0. The van der Waals surface area contributed by atoms with E-state index in [9.17, 15) is 9.59 Å². The molecule has 0 saturated carbocycles. The van der Waals surface area contributed by atoms with Crippen molar-refractivity contribution in [1.82, 2.24) is 9.97 Å². The first kappa shape index (κ1) is 12.0. The molecule has 3 fully saturated rings. The largest absolute Gasteiger partial charge is 0.373 e. The SMILES string of the molecule is Cc1cc(C)nc(N2C(=O)[C@@H]3[C@@H](C2=O)[C@H]2CC[C@H]3O2)n1. The molecule has 3 aliphatic rings. The van der Waals surface area contributed by atoms with Gasteiger partial charge in [-0.05, 0) is 32.8 Å². The van der Waals surface area contributed by atoms with Gasteiger partial charge in [0.25, 0.3) is 0 Å². The van der Waals surface area contributed by atoms with Crippen LogP contribution in [-0.2, 0) is 14.3 Å². The van der Waals surface area contributed by atoms with E-state index in [1.165, 1.54) is 4.90 Å². The van der Waals surface area contributed by atoms with Crippen LogP contribution in [0, 0.1) is 25.7 Å². The van der Waals surface area contributed by atoms with Crippen LogP contribution in [0.15, 0.2) is 6.07 Å². The van der Waals surface area contributed by atoms with E-state index < -0.39 is 0 Å². The maximum absolute atomic E-state index is 12.6. The molecule has 2 amide bonds. The summed E-state index contributed by atoms with van der Waals surface area (Å²) < 4.78 is 5.70. The molecular weight excluding hydrogens is 258 g/mol. The molecule has 4 rings (SSSR count). The van der Waals surface area contributed by atoms with Gasteiger partial charge in [0.15, 0.2) is 0 Å². The number of amides is 2. The van der Waals surface area contributed by atoms with Gasteiger partial charge in [-0.1, -0.05) is 0 Å². The number of aryl methyl sites for hydroxylation is 2. The lowest BCUT2D eigenvalue weighted by atomic mass is 9.81. The molecule has 104 valence electrons. The minimum atomic E-state index is -0.328. The summed E-state index contributed by atoms with van der Waals surface area (Å²) in [6.45, 7) is 3.66. The van der Waals surface area contributed by atoms with Gasteiger partial charge in [0.1, 0.15) is 0 Å². The molecular formula is C14H15N3O3. The minimum Gasteiger partial charge on any atom is -0.373 e. The number of hydrogen-bond acceptors (Lipinski definition) is 5. The Morgan fingerprint density at radius 1 is 1.05 bits per heavy atom. The number of imide groups is 1. The van der Waals surface area contributed by atoms with Gasteiger partial charge in [-0.25, -0.2) is 14.9 Å². The van der Waals surface area contributed by atoms with Crippen molar-refractivity contribution in [2.24, 2.45) is 11.8 Å². The molecule has 0 unspecified atom stereocenters. The monoisotopic (exact) mass is 273 g/mol. The number of ether oxygens (including phenoxy) is 1. The van der Waals surface area contributed by atoms with E-state index in [2.05, 4.69) is 9.97 Å². The average Bonchev–Trinajstić information content (AvgIpc) is 3.02. The van der Waals surface area contributed by atoms with Gasteiger partial charge < -0.3 is 4.74 Å². The van der Waals surface area contributed by atoms with Crippen LogP contribution in [0.4, 0.5) is 5.95 Å². The molecule has 3 aliphatic heterocycles. The topological polar surface area (TPSA) is 72.4 Å². The molecule has 3 saturated heterocycles. The Kier molecular flexibility index (Phi) is 2.30. The van der Waals surface area contributed by atoms with E-state index in [0.717, 1.165) is 24.2 Å². The van der Waals surface area contributed by atoms with E-state index in [4.69, 9.17) is 4.74 Å². The summed E-state index contributed by atoms with van der Waals surface area (Å²) in [5.41, 5.74) is 1.51. The molecule has 4 heterocycles. The lowest BCUT2D eigenvalue weighted by Crippen LogP contribution is -2.35. The second-order valence-corrected chi connectivity index (χ2v) is 5.80. The van der Waals surface area contributed by atoms with Gasteiger partial charge in [0.05, 0.1) is 24.0 Å². The average molecular weight is 273 g/mol. The predicted molar refractivity (Wildman–Crippen MR) is 68.9 cm³/mol. The second kappa shape index (κ2) is 3.85. The fraction of sp³-hybridized carbons (Fsp3) is 0.571. The molecule has 0 spiro atoms. The van der Waals surface area contributed by atoms with Crippen LogP contribution in [0.5, 0.6) is 0 Å². The Hall–Kier alpha value is -1.82. The Bertz CT molecular complexity index is 582. The van der Waals surface area contributed by atoms with Gasteiger partial charge in [0, 0.05) is 11.4 Å². The lowest BCUT2D eigenvalue weighted by Gasteiger charge is -2.16. The summed E-state index contributed by atoms with van der Waals surface area (Å²) in [7, 11) is 0. The Morgan fingerprint density at radius 3 is 2.05 bits per heavy atom. The molecule has 0 radical (unpaired) electrons. The highest BCUT2D eigenvalue weighted by Crippen LogP contribution is 2.48. The zero-order valence-corrected chi connectivity index (χ0v) is 11.4. The maximum atomic E-state index is 12.6. The third-order valence-corrected chi connectivity index (χ3v) is 4.45. The molecule has 0 aliphatic carbocycles. The van der Waals surface area contributed by atoms with Crippen LogP contribution in [0.1, 0.15) is 24.2 Å². The Labute approximate surface area is 116 Å². The second-order valence-electron chi connectivity index (χ2n) is 5.80. The van der Waals surface area contributed by atoms with Crippen LogP contribution < -0.4 is 4.90 Å². The third kappa shape index (κ3) is 1.42. The first-order chi connectivity index (χ1) is 9.56. The fourth-order valence-corrected chi connectivity index (χ4v) is 3.72. The van der Waals surface area contributed by atoms with Crippen LogP contribution in [0.3, 0.4) is 0 Å². The molecule has 4 atom stereocenters. The molecule has 6 nitrogen and oxygen atoms in total. The quantitative estimate of drug-likeness (QED) is 0.706. The van der Waals surface area contributed by atoms with E-state index in [-0.39, 0.29) is 41.8 Å². The van der Waals surface area contributed by atoms with Crippen molar-refractivity contribution in [3.05, 3.63) is 17.5 Å². The van der Waals surface area contributed by atoms with Gasteiger partial charge in [-0.3, -0.25) is 9.59 Å². The standard InChI is InChI=1S/C14H15N3O3/c1-6-5-7(2)16-14(15-6)17-12(18)10-8-3-4-9(20-8)11(10)13(17)19/h5,8-11H,3-4H2,1-2H3/t8-,9-,10+,11+/m1/s1. The van der Waals surface area contributed by atoms with E-state index in [1.54, 1.807) is 0 Å². The highest BCUT2D eigenvalue weighted by Gasteiger charge is 2.63. The molecule has 0 aromatic carbocycles. The van der Waals surface area contributed by atoms with Crippen molar-refractivity contribution >= 4 is 17.8 Å². The first-order valence-electron chi connectivity index (χ1n) is 6.92. The van der Waals surface area contributed by atoms with Crippen molar-refractivity contribution in [1.29, 1.82) is 0 Å². The van der Waals surface area contributed by atoms with Gasteiger partial charge >= 0.3 is 0 Å². The molecule has 1 aromatic heterocycles. The fourth-order valence-electron chi connectivity index (χ4n) is 3.72. The van der Waals surface area contributed by atoms with Crippen LogP contribution in [0.25, 0.3) is 0 Å². The van der Waals surface area contributed by atoms with Crippen molar-refractivity contribution in [3.8, 4) is 0 Å². The number of fused-ring (bicyclic) bond motifs is 5. The summed E-state index contributed by atoms with van der Waals surface area (Å²) in [5, 5.41) is 0. The summed E-state index contributed by atoms with van der Waals surface area (Å²) in [6, 6.07) is 1.82. The highest BCUT2D eigenvalue weighted by atomic mass is 16.5. The first-order valence-corrected chi connectivity index (χ1v) is 6.92. The number of rotatable bonds is 1. The number of hydrogen-bond donors (Lipinski definition) is 0. The van der Waals surface area contributed by atoms with Crippen molar-refractivity contribution < 1.29 is 14.3 Å². The minimum absolute atomic E-state index is 0.0997.